The Labute approximate surface area is 170 Å². The molecule has 0 bridgehead atoms. The minimum atomic E-state index is -0.484. The number of hydrogen-bond acceptors (Lipinski definition) is 7. The van der Waals surface area contributed by atoms with Crippen LogP contribution >= 0.6 is 11.3 Å². The van der Waals surface area contributed by atoms with Gasteiger partial charge in [-0.15, -0.1) is 11.3 Å². The molecule has 0 spiro atoms. The van der Waals surface area contributed by atoms with Gasteiger partial charge in [-0.25, -0.2) is 9.31 Å². The predicted molar refractivity (Wildman–Crippen MR) is 109 cm³/mol. The summed E-state index contributed by atoms with van der Waals surface area (Å²) >= 11 is 1.45. The maximum absolute atomic E-state index is 12.9. The minimum absolute atomic E-state index is 0.264. The number of ether oxygens (including phenoxy) is 1. The second-order valence-electron chi connectivity index (χ2n) is 6.18. The van der Waals surface area contributed by atoms with Crippen LogP contribution in [0.2, 0.25) is 0 Å². The maximum atomic E-state index is 12.9. The summed E-state index contributed by atoms with van der Waals surface area (Å²) in [6, 6.07) is 5.38. The Balaban J connectivity index is 1.62. The highest BCUT2D eigenvalue weighted by molar-refractivity contribution is 7.21. The quantitative estimate of drug-likeness (QED) is 0.508. The van der Waals surface area contributed by atoms with E-state index in [2.05, 4.69) is 20.4 Å². The largest absolute Gasteiger partial charge is 0.462 e. The number of thiazole rings is 1. The summed E-state index contributed by atoms with van der Waals surface area (Å²) in [5.74, 6) is -0.812. The van der Waals surface area contributed by atoms with Gasteiger partial charge < -0.3 is 10.1 Å². The van der Waals surface area contributed by atoms with Gasteiger partial charge in [-0.1, -0.05) is 6.07 Å². The first kappa shape index (κ1) is 18.8. The van der Waals surface area contributed by atoms with Crippen LogP contribution in [0.1, 0.15) is 33.3 Å². The van der Waals surface area contributed by atoms with E-state index in [1.807, 2.05) is 18.3 Å². The topological polar surface area (TPSA) is 98.5 Å². The molecule has 0 aromatic carbocycles. The molecule has 4 heterocycles. The fourth-order valence-corrected chi connectivity index (χ4v) is 3.81. The van der Waals surface area contributed by atoms with Crippen molar-refractivity contribution in [3.63, 3.8) is 0 Å². The molecule has 8 nitrogen and oxygen atoms in total. The summed E-state index contributed by atoms with van der Waals surface area (Å²) in [4.78, 5) is 34.8. The van der Waals surface area contributed by atoms with Gasteiger partial charge in [-0.3, -0.25) is 14.8 Å². The molecule has 4 aromatic heterocycles. The van der Waals surface area contributed by atoms with Crippen LogP contribution in [0.4, 0.5) is 5.69 Å². The number of anilines is 1. The Morgan fingerprint density at radius 1 is 1.28 bits per heavy atom. The van der Waals surface area contributed by atoms with Gasteiger partial charge in [0.2, 0.25) is 0 Å². The molecule has 0 aliphatic rings. The fourth-order valence-electron chi connectivity index (χ4n) is 2.76. The number of hydrogen-bond donors (Lipinski definition) is 1. The van der Waals surface area contributed by atoms with Crippen LogP contribution in [0.25, 0.3) is 15.3 Å². The number of aromatic nitrogens is 4. The lowest BCUT2D eigenvalue weighted by Gasteiger charge is -2.09. The van der Waals surface area contributed by atoms with Gasteiger partial charge in [0, 0.05) is 30.4 Å². The van der Waals surface area contributed by atoms with E-state index in [-0.39, 0.29) is 18.1 Å². The minimum Gasteiger partial charge on any atom is -0.462 e. The van der Waals surface area contributed by atoms with E-state index in [4.69, 9.17) is 4.74 Å². The van der Waals surface area contributed by atoms with Crippen molar-refractivity contribution in [2.45, 2.75) is 13.8 Å². The highest BCUT2D eigenvalue weighted by Crippen LogP contribution is 2.30. The van der Waals surface area contributed by atoms with Crippen molar-refractivity contribution in [1.29, 1.82) is 0 Å². The molecule has 0 fully saturated rings. The highest BCUT2D eigenvalue weighted by Gasteiger charge is 2.18. The Morgan fingerprint density at radius 3 is 2.90 bits per heavy atom. The van der Waals surface area contributed by atoms with Gasteiger partial charge in [-0.05, 0) is 26.0 Å². The lowest BCUT2D eigenvalue weighted by Crippen LogP contribution is -2.14. The van der Waals surface area contributed by atoms with E-state index in [1.54, 1.807) is 36.8 Å². The molecule has 1 N–H and O–H groups in total. The van der Waals surface area contributed by atoms with Crippen LogP contribution in [0.15, 0.2) is 49.2 Å². The van der Waals surface area contributed by atoms with E-state index in [0.717, 1.165) is 10.4 Å². The monoisotopic (exact) mass is 407 g/mol. The van der Waals surface area contributed by atoms with Crippen LogP contribution < -0.4 is 5.32 Å². The Hall–Kier alpha value is -3.59. The normalized spacial score (nSPS) is 10.8. The molecule has 0 saturated heterocycles. The number of amides is 1. The van der Waals surface area contributed by atoms with Gasteiger partial charge >= 0.3 is 5.97 Å². The van der Waals surface area contributed by atoms with Gasteiger partial charge in [0.1, 0.15) is 4.83 Å². The standard InChI is InChI=1S/C20H17N5O3S/c1-3-28-20(27)14-7-16(12(2)22-9-14)24-18(26)15-10-23-25-11-17(29-19(15)25)13-5-4-6-21-8-13/h4-11H,3H2,1-2H3,(H,24,26). The Kier molecular flexibility index (Phi) is 5.05. The van der Waals surface area contributed by atoms with E-state index >= 15 is 0 Å². The number of pyridine rings is 2. The number of aryl methyl sites for hydroxylation is 1. The number of fused-ring (bicyclic) bond motifs is 1. The third kappa shape index (κ3) is 3.72. The van der Waals surface area contributed by atoms with Crippen LogP contribution in [-0.2, 0) is 4.74 Å². The first-order chi connectivity index (χ1) is 14.1. The van der Waals surface area contributed by atoms with E-state index in [1.165, 1.54) is 23.7 Å². The Morgan fingerprint density at radius 2 is 2.14 bits per heavy atom. The SMILES string of the molecule is CCOC(=O)c1cnc(C)c(NC(=O)c2cnn3cc(-c4cccnc4)sc23)c1. The molecular weight excluding hydrogens is 390 g/mol. The zero-order chi connectivity index (χ0) is 20.4. The molecule has 4 rings (SSSR count). The van der Waals surface area contributed by atoms with Gasteiger partial charge in [0.15, 0.2) is 0 Å². The molecule has 0 saturated carbocycles. The summed E-state index contributed by atoms with van der Waals surface area (Å²) in [6.45, 7) is 3.75. The van der Waals surface area contributed by atoms with Crippen LogP contribution in [-0.4, -0.2) is 38.1 Å². The van der Waals surface area contributed by atoms with Crippen molar-refractivity contribution >= 4 is 33.7 Å². The Bertz CT molecular complexity index is 1200. The zero-order valence-electron chi connectivity index (χ0n) is 15.7. The zero-order valence-corrected chi connectivity index (χ0v) is 16.6. The second-order valence-corrected chi connectivity index (χ2v) is 7.21. The molecule has 0 aliphatic carbocycles. The lowest BCUT2D eigenvalue weighted by atomic mass is 10.2. The number of nitrogens with zero attached hydrogens (tertiary/aromatic N) is 4. The van der Waals surface area contributed by atoms with Crippen molar-refractivity contribution in [1.82, 2.24) is 19.6 Å². The number of carbonyl (C=O) groups is 2. The maximum Gasteiger partial charge on any atom is 0.339 e. The smallest absolute Gasteiger partial charge is 0.339 e. The third-order valence-corrected chi connectivity index (χ3v) is 5.39. The molecule has 0 atom stereocenters. The van der Waals surface area contributed by atoms with Crippen LogP contribution in [0.5, 0.6) is 0 Å². The number of esters is 1. The van der Waals surface area contributed by atoms with E-state index < -0.39 is 5.97 Å². The number of rotatable bonds is 5. The summed E-state index contributed by atoms with van der Waals surface area (Å²) in [6.07, 6.45) is 8.29. The molecule has 9 heteroatoms. The molecule has 0 aliphatic heterocycles. The molecule has 4 aromatic rings. The summed E-state index contributed by atoms with van der Waals surface area (Å²) < 4.78 is 6.66. The third-order valence-electron chi connectivity index (χ3n) is 4.23. The summed E-state index contributed by atoms with van der Waals surface area (Å²) in [5.41, 5.74) is 2.71. The van der Waals surface area contributed by atoms with Crippen molar-refractivity contribution in [2.75, 3.05) is 11.9 Å². The van der Waals surface area contributed by atoms with Gasteiger partial charge in [0.25, 0.3) is 5.91 Å². The highest BCUT2D eigenvalue weighted by atomic mass is 32.1. The van der Waals surface area contributed by atoms with Crippen LogP contribution in [0.3, 0.4) is 0 Å². The van der Waals surface area contributed by atoms with Gasteiger partial charge in [-0.2, -0.15) is 5.10 Å². The molecule has 0 radical (unpaired) electrons. The van der Waals surface area contributed by atoms with Gasteiger partial charge in [0.05, 0.1) is 40.2 Å². The number of nitrogens with one attached hydrogen (secondary N) is 1. The van der Waals surface area contributed by atoms with Crippen molar-refractivity contribution in [3.05, 3.63) is 66.0 Å². The first-order valence-electron chi connectivity index (χ1n) is 8.89. The average molecular weight is 407 g/mol. The molecule has 146 valence electrons. The predicted octanol–water partition coefficient (Wildman–Crippen LogP) is 3.59. The summed E-state index contributed by atoms with van der Waals surface area (Å²) in [5, 5.41) is 7.10. The van der Waals surface area contributed by atoms with Crippen LogP contribution in [0, 0.1) is 6.92 Å². The lowest BCUT2D eigenvalue weighted by molar-refractivity contribution is 0.0525. The first-order valence-corrected chi connectivity index (χ1v) is 9.71. The van der Waals surface area contributed by atoms with Crippen molar-refractivity contribution in [2.24, 2.45) is 0 Å². The summed E-state index contributed by atoms with van der Waals surface area (Å²) in [7, 11) is 0. The molecule has 0 unspecified atom stereocenters. The second kappa shape index (κ2) is 7.80. The molecular formula is C20H17N5O3S. The molecule has 29 heavy (non-hydrogen) atoms. The van der Waals surface area contributed by atoms with E-state index in [0.29, 0.717) is 21.8 Å². The van der Waals surface area contributed by atoms with Crippen molar-refractivity contribution < 1.29 is 14.3 Å². The van der Waals surface area contributed by atoms with Crippen molar-refractivity contribution in [3.8, 4) is 10.4 Å². The molecule has 1 amide bonds. The fraction of sp³-hybridized carbons (Fsp3) is 0.150. The van der Waals surface area contributed by atoms with E-state index in [9.17, 15) is 9.59 Å². The average Bonchev–Trinajstić information content (AvgIpc) is 3.31. The number of carbonyl (C=O) groups excluding carboxylic acids is 2.